The molecule has 3 heterocycles. The highest BCUT2D eigenvalue weighted by Gasteiger charge is 2.46. The number of phenolic OH excluding ortho intramolecular Hbond substituents is 1. The number of nitrogen functional groups attached to an aromatic ring is 1. The first-order chi connectivity index (χ1) is 17.7. The van der Waals surface area contributed by atoms with Crippen molar-refractivity contribution in [1.82, 2.24) is 24.2 Å². The minimum absolute atomic E-state index is 0.0909. The van der Waals surface area contributed by atoms with Crippen molar-refractivity contribution < 1.29 is 31.7 Å². The molecular formula is C23H32N6O7SSi. The number of nitrogens with zero attached hydrogens (tertiary/aromatic N) is 4. The molecule has 15 heteroatoms. The average molecular weight is 565 g/mol. The van der Waals surface area contributed by atoms with Gasteiger partial charge in [-0.2, -0.15) is 8.42 Å². The van der Waals surface area contributed by atoms with Crippen LogP contribution < -0.4 is 10.5 Å². The molecule has 1 amide bonds. The van der Waals surface area contributed by atoms with Crippen molar-refractivity contribution in [3.8, 4) is 5.75 Å². The molecule has 4 rings (SSSR count). The van der Waals surface area contributed by atoms with E-state index in [1.807, 2.05) is 0 Å². The third kappa shape index (κ3) is 5.81. The Morgan fingerprint density at radius 3 is 2.66 bits per heavy atom. The highest BCUT2D eigenvalue weighted by atomic mass is 32.2. The fraction of sp³-hybridized carbons (Fsp3) is 0.478. The Hall–Kier alpha value is -3.11. The molecule has 38 heavy (non-hydrogen) atoms. The van der Waals surface area contributed by atoms with Gasteiger partial charge in [-0.1, -0.05) is 32.9 Å². The summed E-state index contributed by atoms with van der Waals surface area (Å²) in [4.78, 5) is 24.9. The number of benzene rings is 1. The Balaban J connectivity index is 1.52. The summed E-state index contributed by atoms with van der Waals surface area (Å²) in [7, 11) is -6.77. The molecule has 3 atom stereocenters. The lowest BCUT2D eigenvalue weighted by molar-refractivity contribution is -0.0424. The molecule has 13 nitrogen and oxygen atoms in total. The summed E-state index contributed by atoms with van der Waals surface area (Å²) in [5.41, 5.74) is 6.61. The fourth-order valence-electron chi connectivity index (χ4n) is 3.81. The normalized spacial score (nSPS) is 20.6. The van der Waals surface area contributed by atoms with E-state index in [1.54, 1.807) is 9.29 Å². The Morgan fingerprint density at radius 1 is 1.26 bits per heavy atom. The maximum Gasteiger partial charge on any atom is 0.362 e. The molecule has 0 unspecified atom stereocenters. The number of amides is 1. The number of imidazole rings is 1. The van der Waals surface area contributed by atoms with Gasteiger partial charge in [-0.25, -0.2) is 19.7 Å². The molecule has 4 N–H and O–H groups in total. The molecule has 0 spiro atoms. The quantitative estimate of drug-likeness (QED) is 0.342. The smallest absolute Gasteiger partial charge is 0.362 e. The van der Waals surface area contributed by atoms with Crippen LogP contribution in [-0.2, 0) is 23.7 Å². The van der Waals surface area contributed by atoms with E-state index >= 15 is 0 Å². The van der Waals surface area contributed by atoms with Crippen LogP contribution in [0.3, 0.4) is 0 Å². The molecule has 1 aromatic carbocycles. The third-order valence-corrected chi connectivity index (χ3v) is 12.2. The number of para-hydroxylation sites is 1. The van der Waals surface area contributed by atoms with Crippen molar-refractivity contribution in [2.24, 2.45) is 0 Å². The SMILES string of the molecule is CC(C)(C)[Si](C)(C)O[C@@H]1C[C@@H](COS(=O)(=O)NC(=O)c2ccccc2O)O[C@H]1n1cnc2c(N)ncnc21. The van der Waals surface area contributed by atoms with Gasteiger partial charge in [0, 0.05) is 6.42 Å². The van der Waals surface area contributed by atoms with Crippen molar-refractivity contribution >= 4 is 41.5 Å². The van der Waals surface area contributed by atoms with Gasteiger partial charge in [0.05, 0.1) is 30.7 Å². The molecule has 1 fully saturated rings. The number of phenols is 1. The van der Waals surface area contributed by atoms with Crippen molar-refractivity contribution in [3.63, 3.8) is 0 Å². The van der Waals surface area contributed by atoms with Gasteiger partial charge in [-0.15, -0.1) is 0 Å². The predicted molar refractivity (Wildman–Crippen MR) is 141 cm³/mol. The van der Waals surface area contributed by atoms with Crippen LogP contribution in [0.5, 0.6) is 5.75 Å². The molecule has 0 bridgehead atoms. The molecule has 206 valence electrons. The largest absolute Gasteiger partial charge is 0.507 e. The van der Waals surface area contributed by atoms with Gasteiger partial charge in [0.2, 0.25) is 0 Å². The number of nitrogens with one attached hydrogen (secondary N) is 1. The predicted octanol–water partition coefficient (Wildman–Crippen LogP) is 2.48. The first-order valence-corrected chi connectivity index (χ1v) is 16.3. The van der Waals surface area contributed by atoms with E-state index in [9.17, 15) is 18.3 Å². The first kappa shape index (κ1) is 27.9. The summed E-state index contributed by atoms with van der Waals surface area (Å²) >= 11 is 0. The molecular weight excluding hydrogens is 532 g/mol. The van der Waals surface area contributed by atoms with Gasteiger partial charge in [0.1, 0.15) is 17.6 Å². The number of fused-ring (bicyclic) bond motifs is 1. The highest BCUT2D eigenvalue weighted by molar-refractivity contribution is 7.85. The molecule has 0 radical (unpaired) electrons. The van der Waals surface area contributed by atoms with Crippen LogP contribution in [0.15, 0.2) is 36.9 Å². The minimum Gasteiger partial charge on any atom is -0.507 e. The van der Waals surface area contributed by atoms with E-state index in [4.69, 9.17) is 19.1 Å². The number of carbonyl (C=O) groups is 1. The second kappa shape index (κ2) is 10.2. The number of rotatable bonds is 8. The molecule has 1 aliphatic heterocycles. The highest BCUT2D eigenvalue weighted by Crippen LogP contribution is 2.42. The summed E-state index contributed by atoms with van der Waals surface area (Å²) in [5, 5.41) is 9.73. The molecule has 3 aromatic rings. The van der Waals surface area contributed by atoms with E-state index in [0.717, 1.165) is 0 Å². The molecule has 1 saturated heterocycles. The van der Waals surface area contributed by atoms with E-state index < -0.39 is 43.0 Å². The maximum atomic E-state index is 12.5. The number of aromatic nitrogens is 4. The Morgan fingerprint density at radius 2 is 1.97 bits per heavy atom. The van der Waals surface area contributed by atoms with Crippen LogP contribution >= 0.6 is 0 Å². The number of carbonyl (C=O) groups excluding carboxylic acids is 1. The van der Waals surface area contributed by atoms with Gasteiger partial charge in [0.15, 0.2) is 26.0 Å². The number of anilines is 1. The van der Waals surface area contributed by atoms with Crippen molar-refractivity contribution in [1.29, 1.82) is 0 Å². The lowest BCUT2D eigenvalue weighted by Crippen LogP contribution is -2.45. The van der Waals surface area contributed by atoms with E-state index in [2.05, 4.69) is 48.8 Å². The lowest BCUT2D eigenvalue weighted by Gasteiger charge is -2.39. The number of aromatic hydroxyl groups is 1. The second-order valence-corrected chi connectivity index (χ2v) is 16.7. The zero-order valence-corrected chi connectivity index (χ0v) is 23.6. The van der Waals surface area contributed by atoms with Crippen molar-refractivity contribution in [2.75, 3.05) is 12.3 Å². The van der Waals surface area contributed by atoms with Crippen molar-refractivity contribution in [2.45, 2.75) is 63.8 Å². The van der Waals surface area contributed by atoms with Gasteiger partial charge >= 0.3 is 10.3 Å². The van der Waals surface area contributed by atoms with Crippen LogP contribution in [0.25, 0.3) is 11.2 Å². The Labute approximate surface area is 221 Å². The number of hydrogen-bond donors (Lipinski definition) is 3. The summed E-state index contributed by atoms with van der Waals surface area (Å²) < 4.78 is 46.4. The van der Waals surface area contributed by atoms with E-state index in [1.165, 1.54) is 36.9 Å². The second-order valence-electron chi connectivity index (χ2n) is 10.6. The van der Waals surface area contributed by atoms with Crippen LogP contribution in [0.2, 0.25) is 18.1 Å². The zero-order chi connectivity index (χ0) is 27.9. The minimum atomic E-state index is -4.50. The lowest BCUT2D eigenvalue weighted by atomic mass is 10.2. The Kier molecular flexibility index (Phi) is 7.51. The van der Waals surface area contributed by atoms with E-state index in [0.29, 0.717) is 17.6 Å². The van der Waals surface area contributed by atoms with E-state index in [-0.39, 0.29) is 28.8 Å². The van der Waals surface area contributed by atoms with Crippen molar-refractivity contribution in [3.05, 3.63) is 42.5 Å². The monoisotopic (exact) mass is 564 g/mol. The van der Waals surface area contributed by atoms with Crippen LogP contribution in [-0.4, -0.2) is 66.1 Å². The van der Waals surface area contributed by atoms with Gasteiger partial charge < -0.3 is 20.0 Å². The number of hydrogen-bond acceptors (Lipinski definition) is 11. The average Bonchev–Trinajstić information content (AvgIpc) is 3.41. The van der Waals surface area contributed by atoms with Gasteiger partial charge in [-0.3, -0.25) is 13.5 Å². The van der Waals surface area contributed by atoms with Crippen LogP contribution in [0, 0.1) is 0 Å². The summed E-state index contributed by atoms with van der Waals surface area (Å²) in [6, 6.07) is 5.57. The number of nitrogens with two attached hydrogens (primary N) is 1. The molecule has 0 saturated carbocycles. The van der Waals surface area contributed by atoms with Gasteiger partial charge in [-0.05, 0) is 30.3 Å². The molecule has 1 aliphatic rings. The molecule has 0 aliphatic carbocycles. The summed E-state index contributed by atoms with van der Waals surface area (Å²) in [5.74, 6) is -1.15. The number of ether oxygens (including phenoxy) is 1. The maximum absolute atomic E-state index is 12.5. The fourth-order valence-corrected chi connectivity index (χ4v) is 5.86. The van der Waals surface area contributed by atoms with Gasteiger partial charge in [0.25, 0.3) is 5.91 Å². The third-order valence-electron chi connectivity index (χ3n) is 6.83. The summed E-state index contributed by atoms with van der Waals surface area (Å²) in [6.07, 6.45) is 1.35. The zero-order valence-electron chi connectivity index (χ0n) is 21.8. The standard InChI is InChI=1S/C23H32N6O7SSi/c1-23(2,3)38(4,5)36-17-10-14(35-22(17)29-13-27-18-19(24)25-12-26-20(18)29)11-34-37(32,33)28-21(31)15-8-6-7-9-16(15)30/h6-9,12-14,17,22,30H,10-11H2,1-5H3,(H,28,31)(H2,24,25,26)/t14-,17+,22+/m0/s1. The summed E-state index contributed by atoms with van der Waals surface area (Å²) in [6.45, 7) is 10.2. The Bertz CT molecular complexity index is 1440. The molecule has 2 aromatic heterocycles. The van der Waals surface area contributed by atoms with Crippen LogP contribution in [0.1, 0.15) is 43.8 Å². The topological polar surface area (TPSA) is 181 Å². The van der Waals surface area contributed by atoms with Crippen LogP contribution in [0.4, 0.5) is 5.82 Å². The first-order valence-electron chi connectivity index (χ1n) is 11.9.